The first-order chi connectivity index (χ1) is 15.3. The minimum atomic E-state index is -3.74. The fraction of sp³-hybridized carbons (Fsp3) is 0.208. The quantitative estimate of drug-likeness (QED) is 0.556. The Balaban J connectivity index is 1.70. The van der Waals surface area contributed by atoms with E-state index in [1.165, 1.54) is 30.6 Å². The molecule has 0 heterocycles. The van der Waals surface area contributed by atoms with Gasteiger partial charge in [0.1, 0.15) is 11.5 Å². The Hall–Kier alpha value is -3.52. The predicted octanol–water partition coefficient (Wildman–Crippen LogP) is 4.02. The van der Waals surface area contributed by atoms with Gasteiger partial charge in [-0.05, 0) is 73.2 Å². The molecule has 0 aliphatic rings. The average molecular weight is 455 g/mol. The summed E-state index contributed by atoms with van der Waals surface area (Å²) in [6.07, 6.45) is 0. The first-order valence-electron chi connectivity index (χ1n) is 9.94. The van der Waals surface area contributed by atoms with Gasteiger partial charge in [-0.3, -0.25) is 9.10 Å². The summed E-state index contributed by atoms with van der Waals surface area (Å²) in [5.74, 6) is 1.07. The van der Waals surface area contributed by atoms with Crippen LogP contribution in [0.3, 0.4) is 0 Å². The lowest BCUT2D eigenvalue weighted by molar-refractivity contribution is 0.0940. The Kier molecular flexibility index (Phi) is 7.05. The zero-order valence-electron chi connectivity index (χ0n) is 18.4. The molecular weight excluding hydrogens is 428 g/mol. The summed E-state index contributed by atoms with van der Waals surface area (Å²) in [6, 6.07) is 19.9. The van der Waals surface area contributed by atoms with Gasteiger partial charge in [-0.25, -0.2) is 8.42 Å². The first kappa shape index (κ1) is 23.1. The molecule has 0 aromatic heterocycles. The number of anilines is 1. The standard InChI is InChI=1S/C24H26N2O5S/c1-17(18-7-11-21(30-3)12-8-18)25-24(27)19-5-9-20(10-6-19)26(2)32(28,29)23-15-13-22(31-4)14-16-23/h5-17H,1-4H3,(H,25,27)/t17-/m0/s1. The monoisotopic (exact) mass is 454 g/mol. The van der Waals surface area contributed by atoms with Gasteiger partial charge in [0.15, 0.2) is 0 Å². The Labute approximate surface area is 188 Å². The molecule has 168 valence electrons. The Morgan fingerprint density at radius 3 is 1.84 bits per heavy atom. The van der Waals surface area contributed by atoms with Crippen LogP contribution in [0.2, 0.25) is 0 Å². The highest BCUT2D eigenvalue weighted by molar-refractivity contribution is 7.92. The third kappa shape index (κ3) is 5.03. The molecule has 32 heavy (non-hydrogen) atoms. The maximum atomic E-state index is 12.9. The van der Waals surface area contributed by atoms with E-state index in [0.29, 0.717) is 17.0 Å². The van der Waals surface area contributed by atoms with Gasteiger partial charge in [0, 0.05) is 12.6 Å². The van der Waals surface area contributed by atoms with E-state index >= 15 is 0 Å². The third-order valence-electron chi connectivity index (χ3n) is 5.17. The summed E-state index contributed by atoms with van der Waals surface area (Å²) >= 11 is 0. The number of rotatable bonds is 8. The highest BCUT2D eigenvalue weighted by Gasteiger charge is 2.22. The number of sulfonamides is 1. The van der Waals surface area contributed by atoms with E-state index in [1.807, 2.05) is 31.2 Å². The molecule has 0 unspecified atom stereocenters. The first-order valence-corrected chi connectivity index (χ1v) is 11.4. The second-order valence-electron chi connectivity index (χ2n) is 7.16. The summed E-state index contributed by atoms with van der Waals surface area (Å²) in [5.41, 5.74) is 1.83. The molecule has 1 amide bonds. The van der Waals surface area contributed by atoms with Crippen LogP contribution in [-0.4, -0.2) is 35.6 Å². The lowest BCUT2D eigenvalue weighted by Crippen LogP contribution is -2.28. The van der Waals surface area contributed by atoms with Crippen LogP contribution in [0.15, 0.2) is 77.7 Å². The molecule has 8 heteroatoms. The summed E-state index contributed by atoms with van der Waals surface area (Å²) < 4.78 is 37.2. The molecule has 0 saturated heterocycles. The minimum absolute atomic E-state index is 0.149. The molecule has 0 radical (unpaired) electrons. The summed E-state index contributed by atoms with van der Waals surface area (Å²) in [6.45, 7) is 1.89. The van der Waals surface area contributed by atoms with Gasteiger partial charge in [-0.1, -0.05) is 12.1 Å². The van der Waals surface area contributed by atoms with Crippen LogP contribution >= 0.6 is 0 Å². The van der Waals surface area contributed by atoms with E-state index in [9.17, 15) is 13.2 Å². The SMILES string of the molecule is COc1ccc([C@H](C)NC(=O)c2ccc(N(C)S(=O)(=O)c3ccc(OC)cc3)cc2)cc1. The summed E-state index contributed by atoms with van der Waals surface area (Å²) in [4.78, 5) is 12.8. The molecule has 1 atom stereocenters. The van der Waals surface area contributed by atoms with Gasteiger partial charge < -0.3 is 14.8 Å². The molecule has 0 aliphatic carbocycles. The summed E-state index contributed by atoms with van der Waals surface area (Å²) in [7, 11) is 0.848. The van der Waals surface area contributed by atoms with Gasteiger partial charge in [-0.15, -0.1) is 0 Å². The number of nitrogens with one attached hydrogen (secondary N) is 1. The Morgan fingerprint density at radius 2 is 1.34 bits per heavy atom. The van der Waals surface area contributed by atoms with Crippen LogP contribution < -0.4 is 19.1 Å². The second kappa shape index (κ2) is 9.74. The van der Waals surface area contributed by atoms with E-state index in [1.54, 1.807) is 43.5 Å². The molecule has 3 aromatic carbocycles. The van der Waals surface area contributed by atoms with Gasteiger partial charge in [-0.2, -0.15) is 0 Å². The van der Waals surface area contributed by atoms with Crippen molar-refractivity contribution in [3.05, 3.63) is 83.9 Å². The highest BCUT2D eigenvalue weighted by atomic mass is 32.2. The molecule has 3 rings (SSSR count). The van der Waals surface area contributed by atoms with Crippen molar-refractivity contribution in [3.63, 3.8) is 0 Å². The van der Waals surface area contributed by atoms with Crippen molar-refractivity contribution in [2.24, 2.45) is 0 Å². The maximum Gasteiger partial charge on any atom is 0.264 e. The molecule has 0 fully saturated rings. The van der Waals surface area contributed by atoms with Crippen molar-refractivity contribution in [2.75, 3.05) is 25.6 Å². The van der Waals surface area contributed by atoms with Gasteiger partial charge in [0.05, 0.1) is 30.8 Å². The second-order valence-corrected chi connectivity index (χ2v) is 9.13. The van der Waals surface area contributed by atoms with E-state index in [4.69, 9.17) is 9.47 Å². The number of amides is 1. The lowest BCUT2D eigenvalue weighted by atomic mass is 10.1. The third-order valence-corrected chi connectivity index (χ3v) is 6.97. The number of carbonyl (C=O) groups is 1. The maximum absolute atomic E-state index is 12.9. The van der Waals surface area contributed by atoms with Crippen molar-refractivity contribution in [2.45, 2.75) is 17.9 Å². The Morgan fingerprint density at radius 1 is 0.844 bits per heavy atom. The molecule has 7 nitrogen and oxygen atoms in total. The number of nitrogens with zero attached hydrogens (tertiary/aromatic N) is 1. The van der Waals surface area contributed by atoms with Crippen molar-refractivity contribution in [1.29, 1.82) is 0 Å². The van der Waals surface area contributed by atoms with Crippen LogP contribution in [0.25, 0.3) is 0 Å². The topological polar surface area (TPSA) is 84.9 Å². The predicted molar refractivity (Wildman–Crippen MR) is 124 cm³/mol. The number of hydrogen-bond acceptors (Lipinski definition) is 5. The number of hydrogen-bond donors (Lipinski definition) is 1. The van der Waals surface area contributed by atoms with Crippen LogP contribution in [0.4, 0.5) is 5.69 Å². The van der Waals surface area contributed by atoms with Crippen LogP contribution in [0.1, 0.15) is 28.9 Å². The molecule has 0 spiro atoms. The smallest absolute Gasteiger partial charge is 0.264 e. The molecule has 1 N–H and O–H groups in total. The van der Waals surface area contributed by atoms with Gasteiger partial charge >= 0.3 is 0 Å². The number of carbonyl (C=O) groups excluding carboxylic acids is 1. The molecule has 0 aliphatic heterocycles. The summed E-state index contributed by atoms with van der Waals surface area (Å²) in [5, 5.41) is 2.94. The van der Waals surface area contributed by atoms with Crippen molar-refractivity contribution >= 4 is 21.6 Å². The zero-order valence-corrected chi connectivity index (χ0v) is 19.2. The van der Waals surface area contributed by atoms with E-state index < -0.39 is 10.0 Å². The van der Waals surface area contributed by atoms with Crippen molar-refractivity contribution in [1.82, 2.24) is 5.32 Å². The highest BCUT2D eigenvalue weighted by Crippen LogP contribution is 2.24. The van der Waals surface area contributed by atoms with E-state index in [0.717, 1.165) is 11.3 Å². The van der Waals surface area contributed by atoms with E-state index in [2.05, 4.69) is 5.32 Å². The molecule has 3 aromatic rings. The van der Waals surface area contributed by atoms with Crippen molar-refractivity contribution in [3.8, 4) is 11.5 Å². The number of ether oxygens (including phenoxy) is 2. The number of methoxy groups -OCH3 is 2. The van der Waals surface area contributed by atoms with Gasteiger partial charge in [0.25, 0.3) is 15.9 Å². The largest absolute Gasteiger partial charge is 0.497 e. The average Bonchev–Trinajstić information content (AvgIpc) is 2.83. The fourth-order valence-corrected chi connectivity index (χ4v) is 4.32. The normalized spacial score (nSPS) is 12.0. The Bertz CT molecular complexity index is 1160. The number of benzene rings is 3. The molecule has 0 saturated carbocycles. The fourth-order valence-electron chi connectivity index (χ4n) is 3.12. The van der Waals surface area contributed by atoms with Crippen LogP contribution in [-0.2, 0) is 10.0 Å². The van der Waals surface area contributed by atoms with E-state index in [-0.39, 0.29) is 16.8 Å². The van der Waals surface area contributed by atoms with Crippen LogP contribution in [0, 0.1) is 0 Å². The van der Waals surface area contributed by atoms with Crippen molar-refractivity contribution < 1.29 is 22.7 Å². The zero-order chi connectivity index (χ0) is 23.3. The molecule has 0 bridgehead atoms. The molecular formula is C24H26N2O5S. The van der Waals surface area contributed by atoms with Gasteiger partial charge in [0.2, 0.25) is 0 Å². The minimum Gasteiger partial charge on any atom is -0.497 e. The lowest BCUT2D eigenvalue weighted by Gasteiger charge is -2.20. The van der Waals surface area contributed by atoms with Crippen LogP contribution in [0.5, 0.6) is 11.5 Å².